The van der Waals surface area contributed by atoms with E-state index in [0.717, 1.165) is 25.2 Å². The highest BCUT2D eigenvalue weighted by Crippen LogP contribution is 2.18. The maximum absolute atomic E-state index is 12.3. The molecule has 2 heterocycles. The van der Waals surface area contributed by atoms with Gasteiger partial charge in [0.25, 0.3) is 5.91 Å². The van der Waals surface area contributed by atoms with Crippen molar-refractivity contribution < 1.29 is 9.21 Å². The van der Waals surface area contributed by atoms with E-state index in [2.05, 4.69) is 22.3 Å². The first-order chi connectivity index (χ1) is 10.8. The molecule has 1 fully saturated rings. The standard InChI is InChI=1S/C18H22N2O2/c21-18(17-10-7-13-22-17)19-16(15-8-3-1-4-9-15)14-20-11-5-2-6-12-20/h1,3-4,7-10,13,16H,2,5-6,11-12,14H2,(H,19,21). The Morgan fingerprint density at radius 3 is 2.55 bits per heavy atom. The molecule has 1 atom stereocenters. The van der Waals surface area contributed by atoms with Gasteiger partial charge in [0.15, 0.2) is 5.76 Å². The van der Waals surface area contributed by atoms with Gasteiger partial charge in [0, 0.05) is 6.54 Å². The van der Waals surface area contributed by atoms with Crippen LogP contribution >= 0.6 is 0 Å². The van der Waals surface area contributed by atoms with E-state index >= 15 is 0 Å². The van der Waals surface area contributed by atoms with Gasteiger partial charge >= 0.3 is 0 Å². The van der Waals surface area contributed by atoms with E-state index in [1.165, 1.54) is 25.5 Å². The molecule has 0 bridgehead atoms. The van der Waals surface area contributed by atoms with Crippen molar-refractivity contribution in [3.8, 4) is 0 Å². The molecule has 1 aliphatic heterocycles. The van der Waals surface area contributed by atoms with E-state index in [-0.39, 0.29) is 11.9 Å². The average molecular weight is 298 g/mol. The minimum Gasteiger partial charge on any atom is -0.459 e. The second-order valence-corrected chi connectivity index (χ2v) is 5.78. The summed E-state index contributed by atoms with van der Waals surface area (Å²) in [7, 11) is 0. The molecule has 1 aromatic heterocycles. The molecule has 0 saturated carbocycles. The lowest BCUT2D eigenvalue weighted by Gasteiger charge is -2.31. The molecule has 1 unspecified atom stereocenters. The second kappa shape index (κ2) is 7.27. The number of benzene rings is 1. The molecular weight excluding hydrogens is 276 g/mol. The number of nitrogens with zero attached hydrogens (tertiary/aromatic N) is 1. The minimum atomic E-state index is -0.157. The van der Waals surface area contributed by atoms with Crippen LogP contribution in [0.15, 0.2) is 53.1 Å². The molecule has 1 saturated heterocycles. The van der Waals surface area contributed by atoms with Crippen molar-refractivity contribution in [2.75, 3.05) is 19.6 Å². The topological polar surface area (TPSA) is 45.5 Å². The molecule has 116 valence electrons. The first-order valence-electron chi connectivity index (χ1n) is 7.94. The van der Waals surface area contributed by atoms with Crippen molar-refractivity contribution in [2.24, 2.45) is 0 Å². The van der Waals surface area contributed by atoms with E-state index in [0.29, 0.717) is 5.76 Å². The zero-order valence-corrected chi connectivity index (χ0v) is 12.7. The molecule has 4 heteroatoms. The Kier molecular flexibility index (Phi) is 4.91. The van der Waals surface area contributed by atoms with Gasteiger partial charge in [0.05, 0.1) is 12.3 Å². The normalized spacial score (nSPS) is 17.1. The summed E-state index contributed by atoms with van der Waals surface area (Å²) < 4.78 is 5.20. The summed E-state index contributed by atoms with van der Waals surface area (Å²) in [5, 5.41) is 3.11. The molecule has 2 aromatic rings. The number of piperidine rings is 1. The largest absolute Gasteiger partial charge is 0.459 e. The minimum absolute atomic E-state index is 0.0168. The van der Waals surface area contributed by atoms with Crippen molar-refractivity contribution >= 4 is 5.91 Å². The fourth-order valence-electron chi connectivity index (χ4n) is 2.96. The second-order valence-electron chi connectivity index (χ2n) is 5.78. The highest BCUT2D eigenvalue weighted by Gasteiger charge is 2.21. The number of carbonyl (C=O) groups excluding carboxylic acids is 1. The SMILES string of the molecule is O=C(NC(CN1CCCCC1)c1ccccc1)c1ccco1. The maximum atomic E-state index is 12.3. The highest BCUT2D eigenvalue weighted by molar-refractivity contribution is 5.91. The monoisotopic (exact) mass is 298 g/mol. The smallest absolute Gasteiger partial charge is 0.287 e. The Labute approximate surface area is 131 Å². The Balaban J connectivity index is 1.72. The molecule has 0 spiro atoms. The molecule has 4 nitrogen and oxygen atoms in total. The maximum Gasteiger partial charge on any atom is 0.287 e. The number of likely N-dealkylation sites (tertiary alicyclic amines) is 1. The van der Waals surface area contributed by atoms with Crippen LogP contribution < -0.4 is 5.32 Å². The summed E-state index contributed by atoms with van der Waals surface area (Å²) >= 11 is 0. The van der Waals surface area contributed by atoms with Crippen molar-refractivity contribution in [1.29, 1.82) is 0 Å². The van der Waals surface area contributed by atoms with E-state index in [4.69, 9.17) is 4.42 Å². The zero-order valence-electron chi connectivity index (χ0n) is 12.7. The van der Waals surface area contributed by atoms with Gasteiger partial charge < -0.3 is 14.6 Å². The lowest BCUT2D eigenvalue weighted by Crippen LogP contribution is -2.40. The first-order valence-corrected chi connectivity index (χ1v) is 7.94. The number of rotatable bonds is 5. The Morgan fingerprint density at radius 1 is 1.09 bits per heavy atom. The van der Waals surface area contributed by atoms with Crippen molar-refractivity contribution in [2.45, 2.75) is 25.3 Å². The third-order valence-corrected chi connectivity index (χ3v) is 4.14. The summed E-state index contributed by atoms with van der Waals surface area (Å²) in [6.07, 6.45) is 5.32. The molecule has 22 heavy (non-hydrogen) atoms. The first kappa shape index (κ1) is 14.9. The zero-order chi connectivity index (χ0) is 15.2. The van der Waals surface area contributed by atoms with Gasteiger partial charge in [0.2, 0.25) is 0 Å². The van der Waals surface area contributed by atoms with Crippen LogP contribution in [-0.2, 0) is 0 Å². The van der Waals surface area contributed by atoms with E-state index in [1.54, 1.807) is 12.1 Å². The summed E-state index contributed by atoms with van der Waals surface area (Å²) in [5.74, 6) is 0.204. The van der Waals surface area contributed by atoms with E-state index in [1.807, 2.05) is 18.2 Å². The van der Waals surface area contributed by atoms with Crippen LogP contribution in [0.4, 0.5) is 0 Å². The van der Waals surface area contributed by atoms with E-state index < -0.39 is 0 Å². The van der Waals surface area contributed by atoms with Gasteiger partial charge in [-0.05, 0) is 43.6 Å². The van der Waals surface area contributed by atoms with Crippen LogP contribution in [0.2, 0.25) is 0 Å². The van der Waals surface area contributed by atoms with Gasteiger partial charge in [0.1, 0.15) is 0 Å². The molecule has 3 rings (SSSR count). The molecule has 1 aromatic carbocycles. The number of hydrogen-bond donors (Lipinski definition) is 1. The van der Waals surface area contributed by atoms with Gasteiger partial charge in [-0.2, -0.15) is 0 Å². The Bertz CT molecular complexity index is 574. The molecule has 1 N–H and O–H groups in total. The fourth-order valence-corrected chi connectivity index (χ4v) is 2.96. The van der Waals surface area contributed by atoms with Crippen LogP contribution in [-0.4, -0.2) is 30.4 Å². The van der Waals surface area contributed by atoms with Gasteiger partial charge in [-0.25, -0.2) is 0 Å². The predicted octanol–water partition coefficient (Wildman–Crippen LogP) is 3.24. The molecular formula is C18H22N2O2. The lowest BCUT2D eigenvalue weighted by molar-refractivity contribution is 0.0892. The van der Waals surface area contributed by atoms with Crippen molar-refractivity contribution in [3.63, 3.8) is 0 Å². The lowest BCUT2D eigenvalue weighted by atomic mass is 10.0. The Morgan fingerprint density at radius 2 is 1.86 bits per heavy atom. The van der Waals surface area contributed by atoms with Gasteiger partial charge in [-0.15, -0.1) is 0 Å². The number of furan rings is 1. The Hall–Kier alpha value is -2.07. The van der Waals surface area contributed by atoms with Crippen molar-refractivity contribution in [1.82, 2.24) is 10.2 Å². The van der Waals surface area contributed by atoms with Crippen LogP contribution in [0.1, 0.15) is 41.4 Å². The van der Waals surface area contributed by atoms with E-state index in [9.17, 15) is 4.79 Å². The predicted molar refractivity (Wildman–Crippen MR) is 85.6 cm³/mol. The molecule has 0 aliphatic carbocycles. The number of hydrogen-bond acceptors (Lipinski definition) is 3. The van der Waals surface area contributed by atoms with Crippen LogP contribution in [0.25, 0.3) is 0 Å². The average Bonchev–Trinajstić information content (AvgIpc) is 3.11. The molecule has 0 radical (unpaired) electrons. The van der Waals surface area contributed by atoms with Crippen LogP contribution in [0.3, 0.4) is 0 Å². The summed E-state index contributed by atoms with van der Waals surface area (Å²) in [5.41, 5.74) is 1.13. The number of nitrogens with one attached hydrogen (secondary N) is 1. The van der Waals surface area contributed by atoms with Crippen LogP contribution in [0.5, 0.6) is 0 Å². The number of carbonyl (C=O) groups is 1. The summed E-state index contributed by atoms with van der Waals surface area (Å²) in [4.78, 5) is 14.7. The summed E-state index contributed by atoms with van der Waals surface area (Å²) in [6.45, 7) is 3.07. The van der Waals surface area contributed by atoms with Crippen molar-refractivity contribution in [3.05, 3.63) is 60.1 Å². The quantitative estimate of drug-likeness (QED) is 0.921. The summed E-state index contributed by atoms with van der Waals surface area (Å²) in [6, 6.07) is 13.6. The molecule has 1 amide bonds. The fraction of sp³-hybridized carbons (Fsp3) is 0.389. The highest BCUT2D eigenvalue weighted by atomic mass is 16.3. The van der Waals surface area contributed by atoms with Gasteiger partial charge in [-0.1, -0.05) is 36.8 Å². The number of amides is 1. The van der Waals surface area contributed by atoms with Gasteiger partial charge in [-0.3, -0.25) is 4.79 Å². The third kappa shape index (κ3) is 3.77. The van der Waals surface area contributed by atoms with Crippen LogP contribution in [0, 0.1) is 0 Å². The third-order valence-electron chi connectivity index (χ3n) is 4.14. The molecule has 1 aliphatic rings.